The molecular weight excluding hydrogens is 539 g/mol. The van der Waals surface area contributed by atoms with Gasteiger partial charge in [0, 0.05) is 50.9 Å². The Labute approximate surface area is 212 Å². The summed E-state index contributed by atoms with van der Waals surface area (Å²) in [6.45, 7) is 10.1. The summed E-state index contributed by atoms with van der Waals surface area (Å²) in [5.41, 5.74) is 1.52. The van der Waals surface area contributed by atoms with Crippen LogP contribution in [0.25, 0.3) is 0 Å². The van der Waals surface area contributed by atoms with E-state index in [0.717, 1.165) is 41.6 Å². The van der Waals surface area contributed by atoms with E-state index in [0.29, 0.717) is 19.6 Å². The van der Waals surface area contributed by atoms with Crippen LogP contribution >= 0.6 is 35.3 Å². The molecule has 0 bridgehead atoms. The third-order valence-electron chi connectivity index (χ3n) is 4.21. The molecule has 0 unspecified atom stereocenters. The summed E-state index contributed by atoms with van der Waals surface area (Å²) in [4.78, 5) is 27.2. The second kappa shape index (κ2) is 14.2. The highest BCUT2D eigenvalue weighted by Gasteiger charge is 2.22. The van der Waals surface area contributed by atoms with E-state index in [4.69, 9.17) is 4.74 Å². The molecule has 178 valence electrons. The summed E-state index contributed by atoms with van der Waals surface area (Å²) in [6, 6.07) is 3.82. The van der Waals surface area contributed by atoms with Crippen LogP contribution in [0, 0.1) is 6.92 Å². The van der Waals surface area contributed by atoms with Crippen molar-refractivity contribution in [2.45, 2.75) is 52.7 Å². The van der Waals surface area contributed by atoms with Crippen molar-refractivity contribution in [3.8, 4) is 0 Å². The molecular formula is C22H35IN6O2S. The first kappa shape index (κ1) is 28.1. The number of rotatable bonds is 9. The zero-order valence-electron chi connectivity index (χ0n) is 19.6. The van der Waals surface area contributed by atoms with Crippen molar-refractivity contribution >= 4 is 47.4 Å². The number of aliphatic imine (C=N–C) groups is 1. The maximum atomic E-state index is 12.6. The van der Waals surface area contributed by atoms with E-state index >= 15 is 0 Å². The first-order chi connectivity index (χ1) is 14.8. The smallest absolute Gasteiger partial charge is 0.410 e. The van der Waals surface area contributed by atoms with E-state index in [9.17, 15) is 4.79 Å². The molecule has 0 aliphatic rings. The minimum absolute atomic E-state index is 0. The molecule has 0 radical (unpaired) electrons. The van der Waals surface area contributed by atoms with Crippen molar-refractivity contribution in [2.75, 3.05) is 26.7 Å². The van der Waals surface area contributed by atoms with Crippen molar-refractivity contribution in [3.63, 3.8) is 0 Å². The highest BCUT2D eigenvalue weighted by atomic mass is 127. The molecule has 0 atom stereocenters. The van der Waals surface area contributed by atoms with Crippen molar-refractivity contribution in [1.82, 2.24) is 25.5 Å². The van der Waals surface area contributed by atoms with E-state index in [1.54, 1.807) is 35.7 Å². The van der Waals surface area contributed by atoms with Gasteiger partial charge in [-0.2, -0.15) is 0 Å². The zero-order valence-corrected chi connectivity index (χ0v) is 22.7. The van der Waals surface area contributed by atoms with E-state index in [-0.39, 0.29) is 30.1 Å². The Hall–Kier alpha value is -1.95. The number of thiazole rings is 1. The van der Waals surface area contributed by atoms with E-state index in [2.05, 4.69) is 31.0 Å². The van der Waals surface area contributed by atoms with Gasteiger partial charge in [0.15, 0.2) is 5.96 Å². The molecule has 2 aromatic heterocycles. The number of amides is 1. The molecule has 1 amide bonds. The molecule has 10 heteroatoms. The number of nitrogens with zero attached hydrogens (tertiary/aromatic N) is 4. The predicted molar refractivity (Wildman–Crippen MR) is 141 cm³/mol. The van der Waals surface area contributed by atoms with Gasteiger partial charge < -0.3 is 20.3 Å². The maximum absolute atomic E-state index is 12.6. The van der Waals surface area contributed by atoms with Crippen molar-refractivity contribution in [2.24, 2.45) is 4.99 Å². The van der Waals surface area contributed by atoms with Crippen molar-refractivity contribution < 1.29 is 9.53 Å². The zero-order chi connectivity index (χ0) is 22.7. The molecule has 0 spiro atoms. The molecule has 32 heavy (non-hydrogen) atoms. The van der Waals surface area contributed by atoms with Crippen LogP contribution in [0.2, 0.25) is 0 Å². The second-order valence-corrected chi connectivity index (χ2v) is 9.21. The number of aromatic nitrogens is 2. The number of carbonyl (C=O) groups excluding carboxylic acids is 1. The van der Waals surface area contributed by atoms with Gasteiger partial charge in [-0.05, 0) is 45.7 Å². The summed E-state index contributed by atoms with van der Waals surface area (Å²) >= 11 is 1.66. The molecule has 0 aliphatic heterocycles. The van der Waals surface area contributed by atoms with Crippen molar-refractivity contribution in [1.29, 1.82) is 0 Å². The number of pyridine rings is 1. The van der Waals surface area contributed by atoms with Crippen LogP contribution in [0.3, 0.4) is 0 Å². The summed E-state index contributed by atoms with van der Waals surface area (Å²) in [5, 5.41) is 9.76. The topological polar surface area (TPSA) is 91.7 Å². The Kier molecular flexibility index (Phi) is 12.5. The number of guanidine groups is 1. The van der Waals surface area contributed by atoms with Gasteiger partial charge in [-0.15, -0.1) is 35.3 Å². The van der Waals surface area contributed by atoms with E-state index in [1.165, 1.54) is 0 Å². The summed E-state index contributed by atoms with van der Waals surface area (Å²) in [7, 11) is 1.75. The van der Waals surface area contributed by atoms with Crippen LogP contribution in [0.1, 0.15) is 43.5 Å². The Morgan fingerprint density at radius 1 is 1.28 bits per heavy atom. The molecule has 2 rings (SSSR count). The van der Waals surface area contributed by atoms with Crippen molar-refractivity contribution in [3.05, 3.63) is 46.2 Å². The number of hydrogen-bond acceptors (Lipinski definition) is 6. The maximum Gasteiger partial charge on any atom is 0.410 e. The predicted octanol–water partition coefficient (Wildman–Crippen LogP) is 4.00. The van der Waals surface area contributed by atoms with Gasteiger partial charge in [0.2, 0.25) is 0 Å². The van der Waals surface area contributed by atoms with Gasteiger partial charge in [0.25, 0.3) is 0 Å². The molecule has 0 saturated heterocycles. The van der Waals surface area contributed by atoms with Gasteiger partial charge in [-0.1, -0.05) is 6.07 Å². The lowest BCUT2D eigenvalue weighted by atomic mass is 10.2. The highest BCUT2D eigenvalue weighted by molar-refractivity contribution is 14.0. The number of carbonyl (C=O) groups is 1. The third-order valence-corrected chi connectivity index (χ3v) is 5.03. The largest absolute Gasteiger partial charge is 0.444 e. The lowest BCUT2D eigenvalue weighted by Crippen LogP contribution is -2.41. The lowest BCUT2D eigenvalue weighted by molar-refractivity contribution is 0.0232. The molecule has 2 N–H and O–H groups in total. The Morgan fingerprint density at radius 3 is 2.62 bits per heavy atom. The molecule has 0 aliphatic carbocycles. The number of ether oxygens (including phenoxy) is 1. The fraction of sp³-hybridized carbons (Fsp3) is 0.545. The van der Waals surface area contributed by atoms with Crippen LogP contribution < -0.4 is 10.6 Å². The molecule has 2 heterocycles. The minimum atomic E-state index is -0.537. The molecule has 0 aromatic carbocycles. The second-order valence-electron chi connectivity index (χ2n) is 8.15. The van der Waals surface area contributed by atoms with Gasteiger partial charge in [0.05, 0.1) is 17.2 Å². The molecule has 2 aromatic rings. The van der Waals surface area contributed by atoms with Crippen LogP contribution in [-0.4, -0.2) is 59.2 Å². The number of nitrogens with one attached hydrogen (secondary N) is 2. The van der Waals surface area contributed by atoms with Gasteiger partial charge >= 0.3 is 6.09 Å². The third kappa shape index (κ3) is 11.1. The Balaban J connectivity index is 0.00000512. The quantitative estimate of drug-likeness (QED) is 0.204. The monoisotopic (exact) mass is 574 g/mol. The van der Waals surface area contributed by atoms with Gasteiger partial charge in [0.1, 0.15) is 5.60 Å². The fourth-order valence-corrected chi connectivity index (χ4v) is 3.45. The lowest BCUT2D eigenvalue weighted by Gasteiger charge is -2.27. The first-order valence-corrected chi connectivity index (χ1v) is 11.4. The van der Waals surface area contributed by atoms with Gasteiger partial charge in [-0.25, -0.2) is 9.78 Å². The number of halogens is 1. The Bertz CT molecular complexity index is 838. The number of hydrogen-bond donors (Lipinski definition) is 2. The fourth-order valence-electron chi connectivity index (χ4n) is 2.80. The molecule has 8 nitrogen and oxygen atoms in total. The van der Waals surface area contributed by atoms with Crippen LogP contribution in [0.4, 0.5) is 4.79 Å². The van der Waals surface area contributed by atoms with Crippen LogP contribution in [0.15, 0.2) is 34.9 Å². The molecule has 0 fully saturated rings. The summed E-state index contributed by atoms with van der Waals surface area (Å²) in [6.07, 6.45) is 4.77. The van der Waals surface area contributed by atoms with Crippen LogP contribution in [0.5, 0.6) is 0 Å². The summed E-state index contributed by atoms with van der Waals surface area (Å²) < 4.78 is 5.57. The standard InChI is InChI=1S/C22H34N6O2S.HI/c1-17-27-19(16-31-17)9-12-26-20(23-5)25-11-7-13-28(21(29)30-22(2,3)4)15-18-8-6-10-24-14-18;/h6,8,10,14,16H,7,9,11-13,15H2,1-5H3,(H2,23,25,26);1H. The van der Waals surface area contributed by atoms with Gasteiger partial charge in [-0.3, -0.25) is 9.98 Å². The normalized spacial score (nSPS) is 11.5. The first-order valence-electron chi connectivity index (χ1n) is 10.5. The molecule has 0 saturated carbocycles. The van der Waals surface area contributed by atoms with E-state index in [1.807, 2.05) is 39.8 Å². The average Bonchev–Trinajstić information content (AvgIpc) is 3.13. The Morgan fingerprint density at radius 2 is 2.03 bits per heavy atom. The van der Waals surface area contributed by atoms with E-state index < -0.39 is 5.60 Å². The highest BCUT2D eigenvalue weighted by Crippen LogP contribution is 2.13. The number of aryl methyl sites for hydroxylation is 1. The minimum Gasteiger partial charge on any atom is -0.444 e. The summed E-state index contributed by atoms with van der Waals surface area (Å²) in [5.74, 6) is 0.739. The SMILES string of the molecule is CN=C(NCCCN(Cc1cccnc1)C(=O)OC(C)(C)C)NCCc1csc(C)n1.I. The average molecular weight is 575 g/mol. The van der Waals surface area contributed by atoms with Crippen LogP contribution in [-0.2, 0) is 17.7 Å².